The first kappa shape index (κ1) is 13.5. The van der Waals surface area contributed by atoms with Crippen LogP contribution < -0.4 is 5.32 Å². The highest BCUT2D eigenvalue weighted by atomic mass is 79.9. The molecule has 0 bridgehead atoms. The lowest BCUT2D eigenvalue weighted by Gasteiger charge is -2.18. The van der Waals surface area contributed by atoms with Gasteiger partial charge in [-0.1, -0.05) is 48.0 Å². The first-order valence-electron chi connectivity index (χ1n) is 5.50. The van der Waals surface area contributed by atoms with Crippen LogP contribution in [-0.2, 0) is 0 Å². The van der Waals surface area contributed by atoms with Crippen LogP contribution in [0.25, 0.3) is 0 Å². The van der Waals surface area contributed by atoms with E-state index in [1.807, 2.05) is 30.3 Å². The van der Waals surface area contributed by atoms with Gasteiger partial charge in [0.25, 0.3) is 0 Å². The van der Waals surface area contributed by atoms with Crippen molar-refractivity contribution in [1.29, 1.82) is 0 Å². The van der Waals surface area contributed by atoms with Crippen molar-refractivity contribution in [2.24, 2.45) is 0 Å². The molecule has 4 heteroatoms. The molecule has 0 aliphatic heterocycles. The van der Waals surface area contributed by atoms with Crippen LogP contribution >= 0.6 is 27.5 Å². The molecule has 0 radical (unpaired) electrons. The molecular formula is C14H12BrClFN. The summed E-state index contributed by atoms with van der Waals surface area (Å²) in [5.41, 5.74) is 1.54. The Labute approximate surface area is 119 Å². The van der Waals surface area contributed by atoms with E-state index in [1.54, 1.807) is 19.2 Å². The Balaban J connectivity index is 2.50. The van der Waals surface area contributed by atoms with Crippen molar-refractivity contribution in [2.75, 3.05) is 7.05 Å². The zero-order valence-corrected chi connectivity index (χ0v) is 12.1. The third-order valence-corrected chi connectivity index (χ3v) is 4.06. The highest BCUT2D eigenvalue weighted by molar-refractivity contribution is 9.10. The van der Waals surface area contributed by atoms with E-state index in [9.17, 15) is 4.39 Å². The molecule has 0 aromatic heterocycles. The molecule has 1 atom stereocenters. The van der Waals surface area contributed by atoms with Gasteiger partial charge >= 0.3 is 0 Å². The average Bonchev–Trinajstić information content (AvgIpc) is 2.41. The van der Waals surface area contributed by atoms with Crippen LogP contribution in [0.1, 0.15) is 17.2 Å². The Morgan fingerprint density at radius 3 is 2.44 bits per heavy atom. The summed E-state index contributed by atoms with van der Waals surface area (Å²) in [6, 6.07) is 13.0. The van der Waals surface area contributed by atoms with E-state index in [-0.39, 0.29) is 11.1 Å². The molecule has 2 aromatic rings. The van der Waals surface area contributed by atoms with E-state index in [2.05, 4.69) is 21.2 Å². The summed E-state index contributed by atoms with van der Waals surface area (Å²) in [7, 11) is 1.80. The maximum Gasteiger partial charge on any atom is 0.148 e. The molecule has 0 saturated heterocycles. The molecule has 0 saturated carbocycles. The van der Waals surface area contributed by atoms with Crippen molar-refractivity contribution in [2.45, 2.75) is 6.04 Å². The molecule has 18 heavy (non-hydrogen) atoms. The van der Waals surface area contributed by atoms with Gasteiger partial charge in [-0.25, -0.2) is 4.39 Å². The summed E-state index contributed by atoms with van der Waals surface area (Å²) < 4.78 is 14.7. The summed E-state index contributed by atoms with van der Waals surface area (Å²) in [5, 5.41) is 3.22. The van der Waals surface area contributed by atoms with Gasteiger partial charge in [-0.2, -0.15) is 0 Å². The molecule has 2 aromatic carbocycles. The van der Waals surface area contributed by atoms with E-state index < -0.39 is 5.82 Å². The van der Waals surface area contributed by atoms with Crippen LogP contribution in [0, 0.1) is 5.82 Å². The smallest absolute Gasteiger partial charge is 0.148 e. The predicted octanol–water partition coefficient (Wildman–Crippen LogP) is 4.55. The van der Waals surface area contributed by atoms with Crippen LogP contribution in [0.3, 0.4) is 0 Å². The normalized spacial score (nSPS) is 12.4. The van der Waals surface area contributed by atoms with Gasteiger partial charge in [0.2, 0.25) is 0 Å². The van der Waals surface area contributed by atoms with Gasteiger partial charge in [0.15, 0.2) is 0 Å². The molecule has 1 unspecified atom stereocenters. The monoisotopic (exact) mass is 327 g/mol. The Morgan fingerprint density at radius 2 is 1.83 bits per heavy atom. The minimum Gasteiger partial charge on any atom is -0.309 e. The van der Waals surface area contributed by atoms with E-state index in [0.717, 1.165) is 5.56 Å². The van der Waals surface area contributed by atoms with Crippen LogP contribution in [0.5, 0.6) is 0 Å². The van der Waals surface area contributed by atoms with Crippen molar-refractivity contribution < 1.29 is 4.39 Å². The van der Waals surface area contributed by atoms with Gasteiger partial charge in [-0.15, -0.1) is 0 Å². The summed E-state index contributed by atoms with van der Waals surface area (Å²) >= 11 is 9.14. The fourth-order valence-electron chi connectivity index (χ4n) is 1.91. The van der Waals surface area contributed by atoms with Crippen molar-refractivity contribution >= 4 is 27.5 Å². The lowest BCUT2D eigenvalue weighted by molar-refractivity contribution is 0.576. The molecule has 1 N–H and O–H groups in total. The fraction of sp³-hybridized carbons (Fsp3) is 0.143. The lowest BCUT2D eigenvalue weighted by atomic mass is 9.98. The molecule has 0 heterocycles. The summed E-state index contributed by atoms with van der Waals surface area (Å²) in [6.07, 6.45) is 0. The minimum atomic E-state index is -0.394. The molecule has 0 spiro atoms. The Kier molecular flexibility index (Phi) is 4.38. The summed E-state index contributed by atoms with van der Waals surface area (Å²) in [5.74, 6) is -0.394. The number of rotatable bonds is 3. The molecule has 94 valence electrons. The van der Waals surface area contributed by atoms with E-state index in [1.165, 1.54) is 0 Å². The van der Waals surface area contributed by atoms with E-state index >= 15 is 0 Å². The second-order valence-electron chi connectivity index (χ2n) is 3.90. The predicted molar refractivity (Wildman–Crippen MR) is 76.5 cm³/mol. The number of benzene rings is 2. The Morgan fingerprint density at radius 1 is 1.17 bits per heavy atom. The van der Waals surface area contributed by atoms with Crippen LogP contribution in [0.4, 0.5) is 4.39 Å². The Hall–Kier alpha value is -0.900. The van der Waals surface area contributed by atoms with Gasteiger partial charge in [0.05, 0.1) is 11.1 Å². The number of halogens is 3. The third-order valence-electron chi connectivity index (χ3n) is 2.80. The molecule has 0 aliphatic rings. The largest absolute Gasteiger partial charge is 0.309 e. The van der Waals surface area contributed by atoms with Crippen molar-refractivity contribution in [3.05, 3.63) is 68.9 Å². The second kappa shape index (κ2) is 5.83. The zero-order valence-electron chi connectivity index (χ0n) is 9.75. The first-order chi connectivity index (χ1) is 8.65. The Bertz CT molecular complexity index is 545. The molecule has 2 rings (SSSR count). The maximum absolute atomic E-state index is 14.2. The quantitative estimate of drug-likeness (QED) is 0.815. The van der Waals surface area contributed by atoms with Crippen LogP contribution in [0.15, 0.2) is 46.9 Å². The number of nitrogens with one attached hydrogen (secondary N) is 1. The van der Waals surface area contributed by atoms with Crippen LogP contribution in [0.2, 0.25) is 5.02 Å². The lowest BCUT2D eigenvalue weighted by Crippen LogP contribution is -2.19. The first-order valence-corrected chi connectivity index (χ1v) is 6.68. The topological polar surface area (TPSA) is 12.0 Å². The molecule has 0 fully saturated rings. The maximum atomic E-state index is 14.2. The van der Waals surface area contributed by atoms with Crippen LogP contribution in [-0.4, -0.2) is 7.05 Å². The SMILES string of the molecule is CNC(c1ccccc1)c1ccc(Br)c(Cl)c1F. The molecule has 0 amide bonds. The number of hydrogen-bond donors (Lipinski definition) is 1. The van der Waals surface area contributed by atoms with Crippen molar-refractivity contribution in [1.82, 2.24) is 5.32 Å². The zero-order chi connectivity index (χ0) is 13.1. The highest BCUT2D eigenvalue weighted by Crippen LogP contribution is 2.32. The van der Waals surface area contributed by atoms with Crippen molar-refractivity contribution in [3.63, 3.8) is 0 Å². The molecular weight excluding hydrogens is 317 g/mol. The van der Waals surface area contributed by atoms with Gasteiger partial charge < -0.3 is 5.32 Å². The van der Waals surface area contributed by atoms with Crippen molar-refractivity contribution in [3.8, 4) is 0 Å². The van der Waals surface area contributed by atoms with Gasteiger partial charge in [0.1, 0.15) is 5.82 Å². The fourth-order valence-corrected chi connectivity index (χ4v) is 2.39. The minimum absolute atomic E-state index is 0.115. The van der Waals surface area contributed by atoms with Gasteiger partial charge in [-0.05, 0) is 34.6 Å². The van der Waals surface area contributed by atoms with Gasteiger partial charge in [0, 0.05) is 10.0 Å². The third kappa shape index (κ3) is 2.58. The molecule has 0 aliphatic carbocycles. The molecule has 1 nitrogen and oxygen atoms in total. The van der Waals surface area contributed by atoms with E-state index in [0.29, 0.717) is 10.0 Å². The summed E-state index contributed by atoms with van der Waals surface area (Å²) in [4.78, 5) is 0. The second-order valence-corrected chi connectivity index (χ2v) is 5.13. The standard InChI is InChI=1S/C14H12BrClFN/c1-18-14(9-5-3-2-4-6-9)10-7-8-11(15)12(16)13(10)17/h2-8,14,18H,1H3. The highest BCUT2D eigenvalue weighted by Gasteiger charge is 2.19. The van der Waals surface area contributed by atoms with Gasteiger partial charge in [-0.3, -0.25) is 0 Å². The van der Waals surface area contributed by atoms with E-state index in [4.69, 9.17) is 11.6 Å². The summed E-state index contributed by atoms with van der Waals surface area (Å²) in [6.45, 7) is 0. The number of hydrogen-bond acceptors (Lipinski definition) is 1. The average molecular weight is 329 g/mol.